The highest BCUT2D eigenvalue weighted by atomic mass is 16.2. The number of carbonyl (C=O) groups is 1. The lowest BCUT2D eigenvalue weighted by molar-refractivity contribution is -0.118. The highest BCUT2D eigenvalue weighted by molar-refractivity contribution is 5.96. The zero-order valence-corrected chi connectivity index (χ0v) is 11.5. The van der Waals surface area contributed by atoms with E-state index in [0.717, 1.165) is 23.2 Å². The van der Waals surface area contributed by atoms with Gasteiger partial charge >= 0.3 is 0 Å². The molecular formula is C15H21N3O. The van der Waals surface area contributed by atoms with E-state index in [1.165, 1.54) is 12.8 Å². The number of hydrogen-bond acceptors (Lipinski definition) is 3. The summed E-state index contributed by atoms with van der Waals surface area (Å²) in [6.45, 7) is 4.06. The molecule has 3 atom stereocenters. The van der Waals surface area contributed by atoms with Crippen LogP contribution in [0.2, 0.25) is 0 Å². The summed E-state index contributed by atoms with van der Waals surface area (Å²) in [5.41, 5.74) is 9.59. The summed E-state index contributed by atoms with van der Waals surface area (Å²) in [4.78, 5) is 12.4. The van der Waals surface area contributed by atoms with Crippen LogP contribution in [0, 0.1) is 19.8 Å². The van der Waals surface area contributed by atoms with Crippen LogP contribution in [0.3, 0.4) is 0 Å². The first kappa shape index (κ1) is 12.6. The molecule has 1 saturated heterocycles. The lowest BCUT2D eigenvalue weighted by atomic mass is 9.96. The van der Waals surface area contributed by atoms with Crippen molar-refractivity contribution in [3.63, 3.8) is 0 Å². The summed E-state index contributed by atoms with van der Waals surface area (Å²) in [6.07, 6.45) is 3.53. The quantitative estimate of drug-likeness (QED) is 0.760. The smallest absolute Gasteiger partial charge is 0.243 e. The molecule has 3 unspecified atom stereocenters. The summed E-state index contributed by atoms with van der Waals surface area (Å²) in [6, 6.07) is 6.44. The Bertz CT molecular complexity index is 480. The molecular weight excluding hydrogens is 238 g/mol. The topological polar surface area (TPSA) is 53.2 Å². The predicted molar refractivity (Wildman–Crippen MR) is 75.7 cm³/mol. The van der Waals surface area contributed by atoms with Gasteiger partial charge in [0.1, 0.15) is 6.04 Å². The molecule has 0 aromatic heterocycles. The number of carbonyl (C=O) groups excluding carboxylic acids is 1. The summed E-state index contributed by atoms with van der Waals surface area (Å²) >= 11 is 0. The lowest BCUT2D eigenvalue weighted by Gasteiger charge is -2.18. The second kappa shape index (κ2) is 4.94. The van der Waals surface area contributed by atoms with Crippen LogP contribution in [0.1, 0.15) is 30.4 Å². The molecule has 4 heteroatoms. The molecule has 2 fully saturated rings. The Morgan fingerprint density at radius 1 is 1.21 bits per heavy atom. The number of aryl methyl sites for hydroxylation is 2. The fourth-order valence-corrected chi connectivity index (χ4v) is 3.34. The molecule has 1 saturated carbocycles. The van der Waals surface area contributed by atoms with Gasteiger partial charge in [0.25, 0.3) is 0 Å². The third-order valence-electron chi connectivity index (χ3n) is 4.43. The van der Waals surface area contributed by atoms with Gasteiger partial charge in [-0.2, -0.15) is 0 Å². The fraction of sp³-hybridized carbons (Fsp3) is 0.533. The summed E-state index contributed by atoms with van der Waals surface area (Å²) in [7, 11) is 0. The Hall–Kier alpha value is -1.39. The zero-order valence-electron chi connectivity index (χ0n) is 11.5. The molecule has 102 valence electrons. The van der Waals surface area contributed by atoms with Crippen molar-refractivity contribution >= 4 is 11.6 Å². The molecule has 1 aliphatic carbocycles. The maximum atomic E-state index is 12.4. The molecule has 0 bridgehead atoms. The zero-order chi connectivity index (χ0) is 13.4. The van der Waals surface area contributed by atoms with E-state index in [-0.39, 0.29) is 11.9 Å². The highest BCUT2D eigenvalue weighted by Crippen LogP contribution is 2.32. The van der Waals surface area contributed by atoms with Gasteiger partial charge in [-0.15, -0.1) is 0 Å². The van der Waals surface area contributed by atoms with Crippen molar-refractivity contribution in [3.8, 4) is 0 Å². The summed E-state index contributed by atoms with van der Waals surface area (Å²) < 4.78 is 0. The van der Waals surface area contributed by atoms with E-state index < -0.39 is 0 Å². The Morgan fingerprint density at radius 3 is 2.68 bits per heavy atom. The minimum atomic E-state index is -0.105. The molecule has 4 nitrogen and oxygen atoms in total. The lowest BCUT2D eigenvalue weighted by Crippen LogP contribution is -2.42. The van der Waals surface area contributed by atoms with Gasteiger partial charge in [-0.1, -0.05) is 24.6 Å². The van der Waals surface area contributed by atoms with E-state index in [1.807, 2.05) is 32.0 Å². The summed E-state index contributed by atoms with van der Waals surface area (Å²) in [5, 5.41) is 3.09. The van der Waals surface area contributed by atoms with Crippen LogP contribution in [-0.2, 0) is 4.79 Å². The molecule has 1 aliphatic heterocycles. The van der Waals surface area contributed by atoms with Gasteiger partial charge in [-0.3, -0.25) is 10.2 Å². The minimum absolute atomic E-state index is 0.0827. The molecule has 19 heavy (non-hydrogen) atoms. The molecule has 2 aliphatic rings. The molecule has 3 N–H and O–H groups in total. The van der Waals surface area contributed by atoms with E-state index in [4.69, 9.17) is 0 Å². The molecule has 1 aromatic carbocycles. The van der Waals surface area contributed by atoms with Gasteiger partial charge in [-0.05, 0) is 37.8 Å². The van der Waals surface area contributed by atoms with Gasteiger partial charge in [0.2, 0.25) is 5.91 Å². The van der Waals surface area contributed by atoms with Crippen molar-refractivity contribution in [1.29, 1.82) is 0 Å². The maximum absolute atomic E-state index is 12.4. The van der Waals surface area contributed by atoms with E-state index >= 15 is 0 Å². The fourth-order valence-electron chi connectivity index (χ4n) is 3.34. The van der Waals surface area contributed by atoms with Crippen LogP contribution >= 0.6 is 0 Å². The molecule has 1 amide bonds. The minimum Gasteiger partial charge on any atom is -0.324 e. The SMILES string of the molecule is Cc1cccc(C)c1NC(=O)C1NNC2CCCC21. The van der Waals surface area contributed by atoms with Crippen LogP contribution in [-0.4, -0.2) is 18.0 Å². The van der Waals surface area contributed by atoms with Crippen LogP contribution in [0.5, 0.6) is 0 Å². The number of rotatable bonds is 2. The average Bonchev–Trinajstić information content (AvgIpc) is 2.95. The monoisotopic (exact) mass is 259 g/mol. The predicted octanol–water partition coefficient (Wildman–Crippen LogP) is 1.89. The van der Waals surface area contributed by atoms with Crippen molar-refractivity contribution < 1.29 is 4.79 Å². The van der Waals surface area contributed by atoms with Gasteiger partial charge in [-0.25, -0.2) is 5.43 Å². The number of anilines is 1. The number of hydrogen-bond donors (Lipinski definition) is 3. The highest BCUT2D eigenvalue weighted by Gasteiger charge is 2.42. The Balaban J connectivity index is 1.75. The number of amides is 1. The number of benzene rings is 1. The standard InChI is InChI=1S/C15H21N3O/c1-9-5-3-6-10(2)13(9)16-15(19)14-11-7-4-8-12(11)17-18-14/h3,5-6,11-12,14,17-18H,4,7-8H2,1-2H3,(H,16,19). The molecule has 0 radical (unpaired) electrons. The molecule has 1 heterocycles. The van der Waals surface area contributed by atoms with E-state index in [1.54, 1.807) is 0 Å². The number of hydrazine groups is 1. The van der Waals surface area contributed by atoms with Gasteiger partial charge < -0.3 is 5.32 Å². The van der Waals surface area contributed by atoms with Crippen molar-refractivity contribution in [2.45, 2.75) is 45.2 Å². The van der Waals surface area contributed by atoms with Crippen molar-refractivity contribution in [2.75, 3.05) is 5.32 Å². The van der Waals surface area contributed by atoms with Gasteiger partial charge in [0.15, 0.2) is 0 Å². The summed E-state index contributed by atoms with van der Waals surface area (Å²) in [5.74, 6) is 0.517. The second-order valence-corrected chi connectivity index (χ2v) is 5.72. The van der Waals surface area contributed by atoms with Crippen LogP contribution in [0.15, 0.2) is 18.2 Å². The van der Waals surface area contributed by atoms with Crippen molar-refractivity contribution in [1.82, 2.24) is 10.9 Å². The molecule has 3 rings (SSSR count). The van der Waals surface area contributed by atoms with Crippen LogP contribution in [0.4, 0.5) is 5.69 Å². The van der Waals surface area contributed by atoms with Crippen LogP contribution in [0.25, 0.3) is 0 Å². The van der Waals surface area contributed by atoms with Crippen molar-refractivity contribution in [2.24, 2.45) is 5.92 Å². The molecule has 0 spiro atoms. The normalized spacial score (nSPS) is 29.3. The number of para-hydroxylation sites is 1. The Morgan fingerprint density at radius 2 is 1.95 bits per heavy atom. The van der Waals surface area contributed by atoms with E-state index in [9.17, 15) is 4.79 Å². The number of nitrogens with one attached hydrogen (secondary N) is 3. The van der Waals surface area contributed by atoms with Crippen LogP contribution < -0.4 is 16.2 Å². The first-order valence-electron chi connectivity index (χ1n) is 7.05. The Kier molecular flexibility index (Phi) is 3.29. The maximum Gasteiger partial charge on any atom is 0.243 e. The van der Waals surface area contributed by atoms with Crippen molar-refractivity contribution in [3.05, 3.63) is 29.3 Å². The average molecular weight is 259 g/mol. The third kappa shape index (κ3) is 2.26. The van der Waals surface area contributed by atoms with Gasteiger partial charge in [0, 0.05) is 17.6 Å². The van der Waals surface area contributed by atoms with E-state index in [0.29, 0.717) is 12.0 Å². The van der Waals surface area contributed by atoms with Gasteiger partial charge in [0.05, 0.1) is 0 Å². The number of fused-ring (bicyclic) bond motifs is 1. The first-order chi connectivity index (χ1) is 9.16. The van der Waals surface area contributed by atoms with E-state index in [2.05, 4.69) is 16.2 Å². The molecule has 1 aromatic rings. The third-order valence-corrected chi connectivity index (χ3v) is 4.43. The Labute approximate surface area is 113 Å². The largest absolute Gasteiger partial charge is 0.324 e. The second-order valence-electron chi connectivity index (χ2n) is 5.72. The first-order valence-corrected chi connectivity index (χ1v) is 7.05.